The van der Waals surface area contributed by atoms with Crippen molar-refractivity contribution in [3.05, 3.63) is 29.8 Å². The van der Waals surface area contributed by atoms with Crippen LogP contribution in [0, 0.1) is 6.92 Å². The van der Waals surface area contributed by atoms with Crippen LogP contribution in [0.4, 0.5) is 5.69 Å². The number of benzene rings is 1. The lowest BCUT2D eigenvalue weighted by Crippen LogP contribution is -2.50. The topological polar surface area (TPSA) is 87.3 Å². The van der Waals surface area contributed by atoms with E-state index in [-0.39, 0.29) is 17.7 Å². The molecule has 0 aromatic heterocycles. The third kappa shape index (κ3) is 6.37. The Morgan fingerprint density at radius 1 is 1.31 bits per heavy atom. The molecule has 1 aliphatic rings. The van der Waals surface area contributed by atoms with Gasteiger partial charge in [0.25, 0.3) is 0 Å². The van der Waals surface area contributed by atoms with E-state index in [1.807, 2.05) is 31.2 Å². The summed E-state index contributed by atoms with van der Waals surface area (Å²) in [7, 11) is 0. The Kier molecular flexibility index (Phi) is 7.97. The molecule has 0 spiro atoms. The van der Waals surface area contributed by atoms with Crippen LogP contribution >= 0.6 is 12.6 Å². The number of hydrogen-bond acceptors (Lipinski definition) is 4. The Bertz CT molecular complexity index is 651. The Morgan fingerprint density at radius 2 is 2.12 bits per heavy atom. The zero-order valence-corrected chi connectivity index (χ0v) is 16.0. The van der Waals surface area contributed by atoms with Gasteiger partial charge in [-0.25, -0.2) is 0 Å². The van der Waals surface area contributed by atoms with Gasteiger partial charge in [0.1, 0.15) is 12.1 Å². The fourth-order valence-corrected chi connectivity index (χ4v) is 3.16. The van der Waals surface area contributed by atoms with Crippen molar-refractivity contribution in [1.29, 1.82) is 0 Å². The fraction of sp³-hybridized carbons (Fsp3) is 0.526. The van der Waals surface area contributed by atoms with E-state index in [0.29, 0.717) is 24.9 Å². The Labute approximate surface area is 159 Å². The van der Waals surface area contributed by atoms with Crippen LogP contribution in [0.1, 0.15) is 44.1 Å². The Hall–Kier alpha value is -2.02. The number of unbranched alkanes of at least 4 members (excludes halogenated alkanes) is 2. The first-order valence-corrected chi connectivity index (χ1v) is 9.71. The highest BCUT2D eigenvalue weighted by atomic mass is 32.1. The van der Waals surface area contributed by atoms with Crippen molar-refractivity contribution in [1.82, 2.24) is 10.6 Å². The minimum absolute atomic E-state index is 0.125. The number of carbonyl (C=O) groups excluding carboxylic acids is 3. The van der Waals surface area contributed by atoms with Crippen LogP contribution < -0.4 is 16.0 Å². The van der Waals surface area contributed by atoms with Gasteiger partial charge in [0.2, 0.25) is 17.7 Å². The smallest absolute Gasteiger partial charge is 0.246 e. The highest BCUT2D eigenvalue weighted by molar-refractivity contribution is 7.80. The predicted octanol–water partition coefficient (Wildman–Crippen LogP) is 2.19. The number of rotatable bonds is 9. The van der Waals surface area contributed by atoms with Crippen molar-refractivity contribution >= 4 is 36.0 Å². The van der Waals surface area contributed by atoms with Crippen LogP contribution in [0.15, 0.2) is 24.3 Å². The van der Waals surface area contributed by atoms with E-state index < -0.39 is 12.1 Å². The number of aryl methyl sites for hydroxylation is 1. The highest BCUT2D eigenvalue weighted by Crippen LogP contribution is 2.13. The fourth-order valence-electron chi connectivity index (χ4n) is 2.94. The molecular weight excluding hydrogens is 350 g/mol. The summed E-state index contributed by atoms with van der Waals surface area (Å²) in [5.74, 6) is 0.147. The van der Waals surface area contributed by atoms with E-state index >= 15 is 0 Å². The van der Waals surface area contributed by atoms with Crippen LogP contribution in [0.3, 0.4) is 0 Å². The van der Waals surface area contributed by atoms with Crippen molar-refractivity contribution in [3.8, 4) is 0 Å². The molecular formula is C19H27N3O3S. The quantitative estimate of drug-likeness (QED) is 0.393. The Balaban J connectivity index is 1.98. The second-order valence-electron chi connectivity index (χ2n) is 6.65. The van der Waals surface area contributed by atoms with Gasteiger partial charge in [0.05, 0.1) is 0 Å². The number of carbonyl (C=O) groups is 3. The van der Waals surface area contributed by atoms with E-state index in [9.17, 15) is 14.4 Å². The van der Waals surface area contributed by atoms with Gasteiger partial charge in [-0.1, -0.05) is 25.0 Å². The summed E-state index contributed by atoms with van der Waals surface area (Å²) in [6, 6.07) is 6.36. The molecule has 0 saturated carbocycles. The van der Waals surface area contributed by atoms with Crippen molar-refractivity contribution in [3.63, 3.8) is 0 Å². The first-order chi connectivity index (χ1) is 12.5. The first-order valence-electron chi connectivity index (χ1n) is 9.07. The summed E-state index contributed by atoms with van der Waals surface area (Å²) in [5.41, 5.74) is 1.75. The maximum absolute atomic E-state index is 12.7. The lowest BCUT2D eigenvalue weighted by Gasteiger charge is -2.20. The molecule has 3 amide bonds. The maximum atomic E-state index is 12.7. The number of amides is 3. The largest absolute Gasteiger partial charge is 0.344 e. The summed E-state index contributed by atoms with van der Waals surface area (Å²) in [5, 5.41) is 8.32. The van der Waals surface area contributed by atoms with Crippen LogP contribution in [0.5, 0.6) is 0 Å². The molecule has 142 valence electrons. The van der Waals surface area contributed by atoms with E-state index in [0.717, 1.165) is 30.6 Å². The van der Waals surface area contributed by atoms with Gasteiger partial charge in [-0.2, -0.15) is 12.6 Å². The van der Waals surface area contributed by atoms with Gasteiger partial charge < -0.3 is 16.0 Å². The second kappa shape index (κ2) is 10.2. The molecule has 6 nitrogen and oxygen atoms in total. The minimum atomic E-state index is -0.625. The van der Waals surface area contributed by atoms with Crippen molar-refractivity contribution < 1.29 is 14.4 Å². The molecule has 1 aliphatic heterocycles. The molecule has 26 heavy (non-hydrogen) atoms. The number of thiol groups is 1. The standard InChI is InChI=1S/C19H27N3O3S/c1-13-6-5-7-14(12-13)20-18(24)15(8-3-2-4-11-26)22-19(25)16-9-10-17(23)21-16/h5-7,12,15-16,26H,2-4,8-11H2,1H3,(H,20,24)(H,21,23)(H,22,25)/t15-,16+/m0/s1. The predicted molar refractivity (Wildman–Crippen MR) is 105 cm³/mol. The molecule has 1 fully saturated rings. The monoisotopic (exact) mass is 377 g/mol. The minimum Gasteiger partial charge on any atom is -0.344 e. The molecule has 0 bridgehead atoms. The number of hydrogen-bond donors (Lipinski definition) is 4. The molecule has 2 rings (SSSR count). The zero-order valence-electron chi connectivity index (χ0n) is 15.1. The van der Waals surface area contributed by atoms with Crippen LogP contribution in [0.25, 0.3) is 0 Å². The van der Waals surface area contributed by atoms with Gasteiger partial charge in [0.15, 0.2) is 0 Å². The van der Waals surface area contributed by atoms with Gasteiger partial charge in [-0.3, -0.25) is 14.4 Å². The summed E-state index contributed by atoms with van der Waals surface area (Å²) < 4.78 is 0. The average molecular weight is 378 g/mol. The normalized spacial score (nSPS) is 17.5. The first kappa shape index (κ1) is 20.3. The lowest BCUT2D eigenvalue weighted by molar-refractivity contribution is -0.128. The van der Waals surface area contributed by atoms with E-state index in [1.165, 1.54) is 0 Å². The molecule has 1 saturated heterocycles. The molecule has 1 heterocycles. The molecule has 1 aromatic rings. The van der Waals surface area contributed by atoms with Gasteiger partial charge in [0, 0.05) is 12.1 Å². The molecule has 3 N–H and O–H groups in total. The van der Waals surface area contributed by atoms with E-state index in [4.69, 9.17) is 0 Å². The summed E-state index contributed by atoms with van der Waals surface area (Å²) in [6.07, 6.45) is 4.12. The molecule has 0 unspecified atom stereocenters. The Morgan fingerprint density at radius 3 is 2.77 bits per heavy atom. The highest BCUT2D eigenvalue weighted by Gasteiger charge is 2.30. The summed E-state index contributed by atoms with van der Waals surface area (Å²) >= 11 is 4.20. The van der Waals surface area contributed by atoms with Crippen molar-refractivity contribution in [2.24, 2.45) is 0 Å². The summed E-state index contributed by atoms with van der Waals surface area (Å²) in [4.78, 5) is 36.4. The maximum Gasteiger partial charge on any atom is 0.246 e. The van der Waals surface area contributed by atoms with Crippen LogP contribution in [0.2, 0.25) is 0 Å². The van der Waals surface area contributed by atoms with E-state index in [1.54, 1.807) is 0 Å². The lowest BCUT2D eigenvalue weighted by atomic mass is 10.1. The average Bonchev–Trinajstić information content (AvgIpc) is 3.04. The number of anilines is 1. The summed E-state index contributed by atoms with van der Waals surface area (Å²) in [6.45, 7) is 1.95. The van der Waals surface area contributed by atoms with Gasteiger partial charge in [-0.05, 0) is 49.6 Å². The third-order valence-corrected chi connectivity index (χ3v) is 4.70. The van der Waals surface area contributed by atoms with E-state index in [2.05, 4.69) is 28.6 Å². The molecule has 0 aliphatic carbocycles. The SMILES string of the molecule is Cc1cccc(NC(=O)[C@H](CCCCCS)NC(=O)[C@H]2CCC(=O)N2)c1. The van der Waals surface area contributed by atoms with Gasteiger partial charge in [-0.15, -0.1) is 0 Å². The second-order valence-corrected chi connectivity index (χ2v) is 7.10. The molecule has 0 radical (unpaired) electrons. The zero-order chi connectivity index (χ0) is 18.9. The van der Waals surface area contributed by atoms with Gasteiger partial charge >= 0.3 is 0 Å². The number of nitrogens with one attached hydrogen (secondary N) is 3. The van der Waals surface area contributed by atoms with Crippen molar-refractivity contribution in [2.45, 2.75) is 57.5 Å². The van der Waals surface area contributed by atoms with Crippen LogP contribution in [-0.4, -0.2) is 35.6 Å². The molecule has 7 heteroatoms. The van der Waals surface area contributed by atoms with Crippen molar-refractivity contribution in [2.75, 3.05) is 11.1 Å². The third-order valence-electron chi connectivity index (χ3n) is 4.38. The molecule has 1 aromatic carbocycles. The van der Waals surface area contributed by atoms with Crippen LogP contribution in [-0.2, 0) is 14.4 Å². The molecule has 2 atom stereocenters.